The second-order valence-corrected chi connectivity index (χ2v) is 9.03. The van der Waals surface area contributed by atoms with Gasteiger partial charge in [-0.2, -0.15) is 30.7 Å². The Labute approximate surface area is 200 Å². The summed E-state index contributed by atoms with van der Waals surface area (Å²) in [4.78, 5) is 2.32. The minimum absolute atomic E-state index is 0.300. The maximum Gasteiger partial charge on any atom is 0.461 e. The van der Waals surface area contributed by atoms with Crippen LogP contribution in [0.15, 0.2) is 60.0 Å². The summed E-state index contributed by atoms with van der Waals surface area (Å²) in [6, 6.07) is 13.2. The van der Waals surface area contributed by atoms with Crippen LogP contribution in [0.25, 0.3) is 10.4 Å². The van der Waals surface area contributed by atoms with Crippen molar-refractivity contribution in [3.05, 3.63) is 71.1 Å². The first-order valence-electron chi connectivity index (χ1n) is 10.6. The Morgan fingerprint density at radius 2 is 1.77 bits per heavy atom. The molecule has 3 aromatic rings. The summed E-state index contributed by atoms with van der Waals surface area (Å²) < 4.78 is 96.0. The van der Waals surface area contributed by atoms with Crippen molar-refractivity contribution < 1.29 is 40.6 Å². The van der Waals surface area contributed by atoms with E-state index in [2.05, 4.69) is 4.74 Å². The number of nitrogens with zero attached hydrogens (tertiary/aromatic N) is 1. The molecule has 188 valence electrons. The molecule has 0 radical (unpaired) electrons. The molecular formula is C24H20F7NO2S. The molecular weight excluding hydrogens is 499 g/mol. The summed E-state index contributed by atoms with van der Waals surface area (Å²) >= 11 is 1.48. The van der Waals surface area contributed by atoms with Crippen molar-refractivity contribution in [1.29, 1.82) is 0 Å². The van der Waals surface area contributed by atoms with Crippen molar-refractivity contribution in [2.45, 2.75) is 43.7 Å². The molecule has 0 saturated heterocycles. The van der Waals surface area contributed by atoms with E-state index in [4.69, 9.17) is 0 Å². The minimum Gasteiger partial charge on any atom is -0.428 e. The SMILES string of the molecule is OC(CN1c2cccc(-c3cccs3)c2CCC1c1cccc(OC(F)(F)C(F)F)c1)C(F)(F)F. The molecule has 1 N–H and O–H groups in total. The smallest absolute Gasteiger partial charge is 0.428 e. The van der Waals surface area contributed by atoms with Gasteiger partial charge < -0.3 is 14.7 Å². The van der Waals surface area contributed by atoms with Crippen molar-refractivity contribution >= 4 is 17.0 Å². The number of alkyl halides is 7. The van der Waals surface area contributed by atoms with E-state index < -0.39 is 43.2 Å². The number of aliphatic hydroxyl groups excluding tert-OH is 1. The van der Waals surface area contributed by atoms with Gasteiger partial charge in [-0.3, -0.25) is 0 Å². The lowest BCUT2D eigenvalue weighted by atomic mass is 9.88. The molecule has 0 spiro atoms. The fraction of sp³-hybridized carbons (Fsp3) is 0.333. The van der Waals surface area contributed by atoms with Gasteiger partial charge >= 0.3 is 18.7 Å². The largest absolute Gasteiger partial charge is 0.461 e. The number of fused-ring (bicyclic) bond motifs is 1. The van der Waals surface area contributed by atoms with E-state index >= 15 is 0 Å². The predicted octanol–water partition coefficient (Wildman–Crippen LogP) is 7.07. The maximum atomic E-state index is 13.4. The van der Waals surface area contributed by atoms with Crippen LogP contribution in [0.2, 0.25) is 0 Å². The van der Waals surface area contributed by atoms with E-state index in [0.29, 0.717) is 24.1 Å². The second kappa shape index (κ2) is 9.69. The predicted molar refractivity (Wildman–Crippen MR) is 118 cm³/mol. The Morgan fingerprint density at radius 3 is 2.43 bits per heavy atom. The Morgan fingerprint density at radius 1 is 1.03 bits per heavy atom. The maximum absolute atomic E-state index is 13.4. The molecule has 2 heterocycles. The Hall–Kier alpha value is -2.79. The molecule has 0 saturated carbocycles. The van der Waals surface area contributed by atoms with Crippen molar-refractivity contribution in [2.24, 2.45) is 0 Å². The molecule has 2 aromatic carbocycles. The second-order valence-electron chi connectivity index (χ2n) is 8.08. The van der Waals surface area contributed by atoms with Crippen molar-refractivity contribution in [3.63, 3.8) is 0 Å². The highest BCUT2D eigenvalue weighted by atomic mass is 32.1. The van der Waals surface area contributed by atoms with Crippen LogP contribution in [0, 0.1) is 0 Å². The molecule has 0 amide bonds. The molecule has 1 aliphatic rings. The number of hydrogen-bond acceptors (Lipinski definition) is 4. The van der Waals surface area contributed by atoms with Crippen LogP contribution in [0.1, 0.15) is 23.6 Å². The molecule has 0 bridgehead atoms. The highest BCUT2D eigenvalue weighted by molar-refractivity contribution is 7.13. The summed E-state index contributed by atoms with van der Waals surface area (Å²) in [6.45, 7) is -0.798. The van der Waals surface area contributed by atoms with E-state index in [0.717, 1.165) is 28.1 Å². The number of benzene rings is 2. The van der Waals surface area contributed by atoms with Crippen LogP contribution in [0.3, 0.4) is 0 Å². The van der Waals surface area contributed by atoms with E-state index in [-0.39, 0.29) is 0 Å². The topological polar surface area (TPSA) is 32.7 Å². The van der Waals surface area contributed by atoms with Crippen LogP contribution in [0.4, 0.5) is 36.4 Å². The molecule has 2 atom stereocenters. The van der Waals surface area contributed by atoms with Gasteiger partial charge in [0.15, 0.2) is 6.10 Å². The lowest BCUT2D eigenvalue weighted by molar-refractivity contribution is -0.253. The third-order valence-electron chi connectivity index (χ3n) is 5.79. The third kappa shape index (κ3) is 5.40. The Kier molecular flexibility index (Phi) is 7.01. The third-order valence-corrected chi connectivity index (χ3v) is 6.69. The number of hydrogen-bond donors (Lipinski definition) is 1. The van der Waals surface area contributed by atoms with Crippen LogP contribution in [-0.2, 0) is 6.42 Å². The number of β-amino-alcohol motifs (C(OH)–C–C–N with tert-alkyl or cyclic N) is 1. The van der Waals surface area contributed by atoms with E-state index in [1.807, 2.05) is 23.6 Å². The van der Waals surface area contributed by atoms with Gasteiger partial charge in [-0.25, -0.2) is 0 Å². The molecule has 0 aliphatic carbocycles. The van der Waals surface area contributed by atoms with Gasteiger partial charge in [0.25, 0.3) is 0 Å². The van der Waals surface area contributed by atoms with E-state index in [1.165, 1.54) is 28.4 Å². The van der Waals surface area contributed by atoms with Crippen molar-refractivity contribution in [3.8, 4) is 16.2 Å². The van der Waals surface area contributed by atoms with Gasteiger partial charge in [0.05, 0.1) is 12.6 Å². The van der Waals surface area contributed by atoms with Gasteiger partial charge in [0, 0.05) is 10.6 Å². The molecule has 1 aliphatic heterocycles. The first-order chi connectivity index (χ1) is 16.5. The van der Waals surface area contributed by atoms with Gasteiger partial charge in [-0.15, -0.1) is 11.3 Å². The molecule has 0 fully saturated rings. The van der Waals surface area contributed by atoms with Crippen LogP contribution >= 0.6 is 11.3 Å². The summed E-state index contributed by atoms with van der Waals surface area (Å²) in [6.07, 6.45) is -15.6. The summed E-state index contributed by atoms with van der Waals surface area (Å²) in [5.41, 5.74) is 2.43. The Balaban J connectivity index is 1.74. The number of aliphatic hydroxyl groups is 1. The van der Waals surface area contributed by atoms with Gasteiger partial charge in [0.1, 0.15) is 5.75 Å². The summed E-state index contributed by atoms with van der Waals surface area (Å²) in [5.74, 6) is -0.540. The standard InChI is InChI=1S/C24H20F7NO2S/c25-22(26)24(30,31)34-15-5-1-4-14(12-15)18-10-9-16-17(20-8-3-11-35-20)6-2-7-19(16)32(18)13-21(33)23(27,28)29/h1-8,11-12,18,21-22,33H,9-10,13H2. The molecule has 35 heavy (non-hydrogen) atoms. The monoisotopic (exact) mass is 519 g/mol. The molecule has 11 heteroatoms. The van der Waals surface area contributed by atoms with Crippen LogP contribution in [-0.4, -0.2) is 36.5 Å². The minimum atomic E-state index is -4.88. The molecule has 2 unspecified atom stereocenters. The molecule has 1 aromatic heterocycles. The highest BCUT2D eigenvalue weighted by Gasteiger charge is 2.44. The number of ether oxygens (including phenoxy) is 1. The number of halogens is 7. The van der Waals surface area contributed by atoms with Gasteiger partial charge in [-0.05, 0) is 59.2 Å². The van der Waals surface area contributed by atoms with E-state index in [1.54, 1.807) is 12.1 Å². The first-order valence-corrected chi connectivity index (χ1v) is 11.5. The zero-order valence-corrected chi connectivity index (χ0v) is 18.8. The lowest BCUT2D eigenvalue weighted by Gasteiger charge is -2.41. The fourth-order valence-electron chi connectivity index (χ4n) is 4.22. The Bertz CT molecular complexity index is 1150. The summed E-state index contributed by atoms with van der Waals surface area (Å²) in [5, 5.41) is 11.8. The molecule has 4 rings (SSSR count). The lowest BCUT2D eigenvalue weighted by Crippen LogP contribution is -2.44. The number of thiophene rings is 1. The number of rotatable bonds is 7. The van der Waals surface area contributed by atoms with E-state index in [9.17, 15) is 35.8 Å². The summed E-state index contributed by atoms with van der Waals surface area (Å²) in [7, 11) is 0. The van der Waals surface area contributed by atoms with Crippen molar-refractivity contribution in [1.82, 2.24) is 0 Å². The average molecular weight is 519 g/mol. The van der Waals surface area contributed by atoms with Crippen LogP contribution in [0.5, 0.6) is 5.75 Å². The zero-order chi connectivity index (χ0) is 25.4. The number of anilines is 1. The normalized spacial score (nSPS) is 17.4. The van der Waals surface area contributed by atoms with Crippen molar-refractivity contribution in [2.75, 3.05) is 11.4 Å². The zero-order valence-electron chi connectivity index (χ0n) is 18.0. The van der Waals surface area contributed by atoms with Gasteiger partial charge in [-0.1, -0.05) is 30.3 Å². The first kappa shape index (κ1) is 25.3. The average Bonchev–Trinajstić information content (AvgIpc) is 3.33. The fourth-order valence-corrected chi connectivity index (χ4v) is 5.00. The van der Waals surface area contributed by atoms with Crippen LogP contribution < -0.4 is 9.64 Å². The highest BCUT2D eigenvalue weighted by Crippen LogP contribution is 2.44. The van der Waals surface area contributed by atoms with Gasteiger partial charge in [0.2, 0.25) is 0 Å². The molecule has 3 nitrogen and oxygen atoms in total. The quantitative estimate of drug-likeness (QED) is 0.339.